The van der Waals surface area contributed by atoms with Crippen LogP contribution in [-0.4, -0.2) is 28.5 Å². The number of nitrogens with one attached hydrogen (secondary N) is 1. The third-order valence-electron chi connectivity index (χ3n) is 2.92. The fourth-order valence-corrected chi connectivity index (χ4v) is 1.93. The lowest BCUT2D eigenvalue weighted by Gasteiger charge is -2.20. The van der Waals surface area contributed by atoms with Gasteiger partial charge in [0.05, 0.1) is 0 Å². The first kappa shape index (κ1) is 12.1. The Morgan fingerprint density at radius 2 is 1.83 bits per heavy atom. The number of H-pyrrole nitrogens is 1. The fourth-order valence-electron chi connectivity index (χ4n) is 1.93. The number of aromatic amines is 1. The number of nitriles is 1. The molecule has 0 aliphatic heterocycles. The Morgan fingerprint density at radius 1 is 1.17 bits per heavy atom. The van der Waals surface area contributed by atoms with Gasteiger partial charge in [0, 0.05) is 24.3 Å². The summed E-state index contributed by atoms with van der Waals surface area (Å²) in [6.45, 7) is 6.21. The summed E-state index contributed by atoms with van der Waals surface area (Å²) in [5.74, 6) is 0. The van der Waals surface area contributed by atoms with Crippen molar-refractivity contribution in [3.8, 4) is 17.3 Å². The van der Waals surface area contributed by atoms with Crippen LogP contribution in [0.5, 0.6) is 0 Å². The van der Waals surface area contributed by atoms with Crippen molar-refractivity contribution in [2.45, 2.75) is 13.8 Å². The molecule has 0 aliphatic carbocycles. The van der Waals surface area contributed by atoms with Crippen LogP contribution in [0.4, 0.5) is 5.69 Å². The summed E-state index contributed by atoms with van der Waals surface area (Å²) in [5.41, 5.74) is 3.00. The van der Waals surface area contributed by atoms with Crippen LogP contribution in [0.1, 0.15) is 19.5 Å². The maximum absolute atomic E-state index is 8.91. The molecule has 0 amide bonds. The van der Waals surface area contributed by atoms with Gasteiger partial charge in [-0.3, -0.25) is 0 Å². The van der Waals surface area contributed by atoms with Crippen LogP contribution in [-0.2, 0) is 0 Å². The SMILES string of the molecule is CCN(CC)c1ccc(-c2n[nH]nc2C#N)cc1. The van der Waals surface area contributed by atoms with E-state index in [0.717, 1.165) is 18.7 Å². The molecule has 92 valence electrons. The van der Waals surface area contributed by atoms with Crippen molar-refractivity contribution >= 4 is 5.69 Å². The highest BCUT2D eigenvalue weighted by atomic mass is 15.3. The zero-order valence-electron chi connectivity index (χ0n) is 10.5. The van der Waals surface area contributed by atoms with Gasteiger partial charge in [-0.05, 0) is 26.0 Å². The predicted octanol–water partition coefficient (Wildman–Crippen LogP) is 2.19. The molecule has 5 nitrogen and oxygen atoms in total. The van der Waals surface area contributed by atoms with Gasteiger partial charge in [-0.1, -0.05) is 12.1 Å². The van der Waals surface area contributed by atoms with E-state index in [1.807, 2.05) is 30.3 Å². The second-order valence-corrected chi connectivity index (χ2v) is 3.85. The lowest BCUT2D eigenvalue weighted by molar-refractivity contribution is 0.866. The molecule has 0 radical (unpaired) electrons. The van der Waals surface area contributed by atoms with E-state index in [0.29, 0.717) is 11.4 Å². The average Bonchev–Trinajstić information content (AvgIpc) is 2.89. The van der Waals surface area contributed by atoms with Crippen molar-refractivity contribution < 1.29 is 0 Å². The molecule has 5 heteroatoms. The van der Waals surface area contributed by atoms with E-state index < -0.39 is 0 Å². The third kappa shape index (κ3) is 2.18. The highest BCUT2D eigenvalue weighted by Crippen LogP contribution is 2.22. The van der Waals surface area contributed by atoms with Crippen LogP contribution in [0.25, 0.3) is 11.3 Å². The fraction of sp³-hybridized carbons (Fsp3) is 0.308. The zero-order chi connectivity index (χ0) is 13.0. The average molecular weight is 241 g/mol. The summed E-state index contributed by atoms with van der Waals surface area (Å²) in [4.78, 5) is 2.26. The summed E-state index contributed by atoms with van der Waals surface area (Å²) in [7, 11) is 0. The summed E-state index contributed by atoms with van der Waals surface area (Å²) in [5, 5.41) is 19.2. The quantitative estimate of drug-likeness (QED) is 0.890. The van der Waals surface area contributed by atoms with Gasteiger partial charge in [0.1, 0.15) is 11.8 Å². The molecule has 0 spiro atoms. The number of aromatic nitrogens is 3. The van der Waals surface area contributed by atoms with Crippen molar-refractivity contribution in [1.29, 1.82) is 5.26 Å². The van der Waals surface area contributed by atoms with Crippen molar-refractivity contribution in [2.24, 2.45) is 0 Å². The second-order valence-electron chi connectivity index (χ2n) is 3.85. The maximum Gasteiger partial charge on any atom is 0.190 e. The lowest BCUT2D eigenvalue weighted by atomic mass is 10.1. The first-order valence-corrected chi connectivity index (χ1v) is 5.96. The van der Waals surface area contributed by atoms with Crippen molar-refractivity contribution in [3.63, 3.8) is 0 Å². The van der Waals surface area contributed by atoms with Crippen molar-refractivity contribution in [2.75, 3.05) is 18.0 Å². The summed E-state index contributed by atoms with van der Waals surface area (Å²) in [6, 6.07) is 10.0. The molecule has 18 heavy (non-hydrogen) atoms. The largest absolute Gasteiger partial charge is 0.372 e. The molecular weight excluding hydrogens is 226 g/mol. The van der Waals surface area contributed by atoms with Gasteiger partial charge >= 0.3 is 0 Å². The molecule has 0 bridgehead atoms. The molecule has 0 atom stereocenters. The van der Waals surface area contributed by atoms with Crippen LogP contribution in [0.3, 0.4) is 0 Å². The van der Waals surface area contributed by atoms with E-state index in [4.69, 9.17) is 5.26 Å². The number of anilines is 1. The molecule has 2 aromatic rings. The highest BCUT2D eigenvalue weighted by Gasteiger charge is 2.10. The Balaban J connectivity index is 2.31. The molecule has 0 fully saturated rings. The zero-order valence-corrected chi connectivity index (χ0v) is 10.5. The summed E-state index contributed by atoms with van der Waals surface area (Å²) < 4.78 is 0. The minimum absolute atomic E-state index is 0.325. The van der Waals surface area contributed by atoms with Crippen LogP contribution >= 0.6 is 0 Å². The molecule has 0 saturated carbocycles. The van der Waals surface area contributed by atoms with Gasteiger partial charge in [-0.2, -0.15) is 15.6 Å². The normalized spacial score (nSPS) is 10.1. The van der Waals surface area contributed by atoms with E-state index in [1.165, 1.54) is 5.69 Å². The standard InChI is InChI=1S/C13H15N5/c1-3-18(4-2)11-7-5-10(6-8-11)13-12(9-14)15-17-16-13/h5-8H,3-4H2,1-2H3,(H,15,16,17). The van der Waals surface area contributed by atoms with Gasteiger partial charge in [0.15, 0.2) is 5.69 Å². The first-order valence-electron chi connectivity index (χ1n) is 5.96. The van der Waals surface area contributed by atoms with Gasteiger partial charge in [0.25, 0.3) is 0 Å². The van der Waals surface area contributed by atoms with Crippen molar-refractivity contribution in [3.05, 3.63) is 30.0 Å². The summed E-state index contributed by atoms with van der Waals surface area (Å²) in [6.07, 6.45) is 0. The minimum Gasteiger partial charge on any atom is -0.372 e. The molecule has 2 rings (SSSR count). The molecule has 1 aromatic carbocycles. The van der Waals surface area contributed by atoms with Crippen LogP contribution < -0.4 is 4.90 Å². The number of rotatable bonds is 4. The Kier molecular flexibility index (Phi) is 3.58. The van der Waals surface area contributed by atoms with Crippen LogP contribution in [0.2, 0.25) is 0 Å². The van der Waals surface area contributed by atoms with Crippen LogP contribution in [0.15, 0.2) is 24.3 Å². The summed E-state index contributed by atoms with van der Waals surface area (Å²) >= 11 is 0. The van der Waals surface area contributed by atoms with Gasteiger partial charge in [-0.15, -0.1) is 5.10 Å². The first-order chi connectivity index (χ1) is 8.80. The van der Waals surface area contributed by atoms with E-state index >= 15 is 0 Å². The Hall–Kier alpha value is -2.35. The molecule has 0 aliphatic rings. The Morgan fingerprint density at radius 3 is 2.39 bits per heavy atom. The molecule has 0 saturated heterocycles. The molecule has 0 unspecified atom stereocenters. The van der Waals surface area contributed by atoms with Gasteiger partial charge in [0.2, 0.25) is 0 Å². The van der Waals surface area contributed by atoms with Crippen molar-refractivity contribution in [1.82, 2.24) is 15.4 Å². The molecular formula is C13H15N5. The third-order valence-corrected chi connectivity index (χ3v) is 2.92. The maximum atomic E-state index is 8.91. The second kappa shape index (κ2) is 5.32. The van der Waals surface area contributed by atoms with Gasteiger partial charge in [-0.25, -0.2) is 0 Å². The number of hydrogen-bond acceptors (Lipinski definition) is 4. The number of benzene rings is 1. The molecule has 1 aromatic heterocycles. The van der Waals surface area contributed by atoms with Crippen LogP contribution in [0, 0.1) is 11.3 Å². The molecule has 1 N–H and O–H groups in total. The predicted molar refractivity (Wildman–Crippen MR) is 70.1 cm³/mol. The Labute approximate surface area is 106 Å². The number of nitrogens with zero attached hydrogens (tertiary/aromatic N) is 4. The lowest BCUT2D eigenvalue weighted by Crippen LogP contribution is -2.21. The molecule has 1 heterocycles. The van der Waals surface area contributed by atoms with E-state index in [-0.39, 0.29) is 0 Å². The van der Waals surface area contributed by atoms with Gasteiger partial charge < -0.3 is 4.90 Å². The highest BCUT2D eigenvalue weighted by molar-refractivity contribution is 5.66. The smallest absolute Gasteiger partial charge is 0.190 e. The van der Waals surface area contributed by atoms with E-state index in [2.05, 4.69) is 34.2 Å². The number of hydrogen-bond donors (Lipinski definition) is 1. The monoisotopic (exact) mass is 241 g/mol. The topological polar surface area (TPSA) is 68.6 Å². The minimum atomic E-state index is 0.325. The Bertz CT molecular complexity index is 546. The van der Waals surface area contributed by atoms with E-state index in [1.54, 1.807) is 0 Å². The van der Waals surface area contributed by atoms with E-state index in [9.17, 15) is 0 Å².